The third kappa shape index (κ3) is 2.90. The number of pyridine rings is 1. The number of nitrogens with two attached hydrogens (primary N) is 1. The molecule has 2 heterocycles. The molecule has 0 aromatic carbocycles. The third-order valence-corrected chi connectivity index (χ3v) is 8.32. The maximum Gasteiger partial charge on any atom is 0.420 e. The molecule has 1 aliphatic heterocycles. The summed E-state index contributed by atoms with van der Waals surface area (Å²) in [4.78, 5) is 3.73. The summed E-state index contributed by atoms with van der Waals surface area (Å²) < 4.78 is 79.2. The normalized spacial score (nSPS) is 17.8. The smallest absolute Gasteiger partial charge is 0.420 e. The molecule has 2 rings (SSSR count). The van der Waals surface area contributed by atoms with Gasteiger partial charge in [-0.1, -0.05) is 0 Å². The number of nitrogens with zero attached hydrogens (tertiary/aromatic N) is 1. The quantitative estimate of drug-likeness (QED) is 0.633. The molecule has 0 bridgehead atoms. The van der Waals surface area contributed by atoms with Crippen LogP contribution in [0.25, 0.3) is 0 Å². The highest BCUT2D eigenvalue weighted by molar-refractivity contribution is 8.09. The third-order valence-electron chi connectivity index (χ3n) is 3.29. The van der Waals surface area contributed by atoms with Crippen molar-refractivity contribution in [2.45, 2.75) is 22.6 Å². The number of rotatable bonds is 4. The number of ether oxygens (including phenoxy) is 2. The lowest BCUT2D eigenvalue weighted by molar-refractivity contribution is -0.0871. The molecule has 0 amide bonds. The van der Waals surface area contributed by atoms with Crippen molar-refractivity contribution in [3.8, 4) is 5.75 Å². The second-order valence-corrected chi connectivity index (χ2v) is 11.7. The van der Waals surface area contributed by atoms with Gasteiger partial charge in [0.15, 0.2) is 20.6 Å². The first-order valence-electron chi connectivity index (χ1n) is 6.37. The second-order valence-electron chi connectivity index (χ2n) is 5.31. The highest BCUT2D eigenvalue weighted by Gasteiger charge is 2.58. The van der Waals surface area contributed by atoms with Crippen LogP contribution < -0.4 is 10.5 Å². The number of sulfone groups is 3. The Kier molecular flexibility index (Phi) is 4.46. The summed E-state index contributed by atoms with van der Waals surface area (Å²) in [5.41, 5.74) is 6.01. The van der Waals surface area contributed by atoms with Gasteiger partial charge >= 0.3 is 4.45 Å². The van der Waals surface area contributed by atoms with Crippen LogP contribution in [0.4, 0.5) is 0 Å². The fourth-order valence-corrected chi connectivity index (χ4v) is 6.17. The van der Waals surface area contributed by atoms with E-state index in [9.17, 15) is 25.3 Å². The van der Waals surface area contributed by atoms with Gasteiger partial charge in [0.1, 0.15) is 0 Å². The molecule has 0 spiro atoms. The maximum absolute atomic E-state index is 12.1. The Labute approximate surface area is 139 Å². The monoisotopic (exact) mass is 400 g/mol. The van der Waals surface area contributed by atoms with Crippen molar-refractivity contribution < 1.29 is 34.7 Å². The molecule has 24 heavy (non-hydrogen) atoms. The average Bonchev–Trinajstić information content (AvgIpc) is 2.41. The van der Waals surface area contributed by atoms with Gasteiger partial charge in [0.25, 0.3) is 0 Å². The van der Waals surface area contributed by atoms with Crippen LogP contribution in [0.3, 0.4) is 0 Å². The standard InChI is InChI=1S/C11H16N2O8S3/c1-22(14,15)10-9-8(7(4-12)5-13-10)6-20-11(21-9,23(2,16)17)24(3,18)19/h5H,4,6,12H2,1-3H3. The molecule has 1 aliphatic rings. The predicted molar refractivity (Wildman–Crippen MR) is 83.1 cm³/mol. The summed E-state index contributed by atoms with van der Waals surface area (Å²) in [5, 5.41) is -0.588. The van der Waals surface area contributed by atoms with E-state index >= 15 is 0 Å². The van der Waals surface area contributed by atoms with Crippen LogP contribution in [0.5, 0.6) is 5.75 Å². The molecular weight excluding hydrogens is 384 g/mol. The van der Waals surface area contributed by atoms with Crippen LogP contribution in [0.2, 0.25) is 0 Å². The van der Waals surface area contributed by atoms with E-state index in [0.29, 0.717) is 18.1 Å². The molecule has 0 fully saturated rings. The summed E-state index contributed by atoms with van der Waals surface area (Å²) in [7, 11) is -12.8. The van der Waals surface area contributed by atoms with Gasteiger partial charge in [-0.15, -0.1) is 0 Å². The minimum absolute atomic E-state index is 0.0587. The van der Waals surface area contributed by atoms with Crippen molar-refractivity contribution in [2.24, 2.45) is 5.73 Å². The molecule has 1 aromatic heterocycles. The van der Waals surface area contributed by atoms with Gasteiger partial charge in [0, 0.05) is 37.1 Å². The first-order chi connectivity index (χ1) is 10.7. The average molecular weight is 400 g/mol. The Morgan fingerprint density at radius 1 is 1.12 bits per heavy atom. The van der Waals surface area contributed by atoms with E-state index in [2.05, 4.69) is 4.98 Å². The zero-order valence-corrected chi connectivity index (χ0v) is 15.5. The Hall–Kier alpha value is -1.28. The van der Waals surface area contributed by atoms with Gasteiger partial charge in [-0.25, -0.2) is 30.2 Å². The number of hydrogen-bond acceptors (Lipinski definition) is 10. The van der Waals surface area contributed by atoms with Crippen molar-refractivity contribution in [3.63, 3.8) is 0 Å². The van der Waals surface area contributed by atoms with E-state index in [0.717, 1.165) is 6.26 Å². The fraction of sp³-hybridized carbons (Fsp3) is 0.545. The molecule has 0 radical (unpaired) electrons. The topological polar surface area (TPSA) is 160 Å². The summed E-state index contributed by atoms with van der Waals surface area (Å²) in [6, 6.07) is 0. The van der Waals surface area contributed by atoms with Crippen LogP contribution in [0, 0.1) is 0 Å². The van der Waals surface area contributed by atoms with Gasteiger partial charge in [0.05, 0.1) is 6.61 Å². The SMILES string of the molecule is CS(=O)(=O)c1ncc(CN)c2c1OC(S(C)(=O)=O)(S(C)(=O)=O)OC2. The van der Waals surface area contributed by atoms with Gasteiger partial charge in [0.2, 0.25) is 19.7 Å². The van der Waals surface area contributed by atoms with Crippen LogP contribution in [-0.4, -0.2) is 53.5 Å². The van der Waals surface area contributed by atoms with Crippen LogP contribution in [0.1, 0.15) is 11.1 Å². The molecule has 0 aliphatic carbocycles. The second kappa shape index (κ2) is 5.62. The molecule has 10 nitrogen and oxygen atoms in total. The largest absolute Gasteiger partial charge is 0.434 e. The van der Waals surface area contributed by atoms with Gasteiger partial charge in [-0.2, -0.15) is 0 Å². The highest BCUT2D eigenvalue weighted by atomic mass is 32.3. The maximum atomic E-state index is 12.1. The Bertz CT molecular complexity index is 964. The molecule has 0 saturated heterocycles. The molecular formula is C11H16N2O8S3. The van der Waals surface area contributed by atoms with E-state index in [1.54, 1.807) is 0 Å². The van der Waals surface area contributed by atoms with Crippen LogP contribution in [0.15, 0.2) is 11.2 Å². The van der Waals surface area contributed by atoms with Crippen molar-refractivity contribution in [3.05, 3.63) is 17.3 Å². The molecule has 2 N–H and O–H groups in total. The first kappa shape index (κ1) is 19.1. The zero-order valence-electron chi connectivity index (χ0n) is 13.0. The van der Waals surface area contributed by atoms with Crippen molar-refractivity contribution in [1.82, 2.24) is 4.98 Å². The first-order valence-corrected chi connectivity index (χ1v) is 12.0. The zero-order chi connectivity index (χ0) is 18.6. The lowest BCUT2D eigenvalue weighted by Gasteiger charge is -2.35. The van der Waals surface area contributed by atoms with Gasteiger partial charge in [-0.05, 0) is 5.56 Å². The van der Waals surface area contributed by atoms with Crippen LogP contribution in [-0.2, 0) is 47.4 Å². The lowest BCUT2D eigenvalue weighted by atomic mass is 10.1. The molecule has 136 valence electrons. The fourth-order valence-electron chi connectivity index (χ4n) is 2.21. The summed E-state index contributed by atoms with van der Waals surface area (Å²) in [6.07, 6.45) is 3.24. The van der Waals surface area contributed by atoms with Crippen molar-refractivity contribution >= 4 is 29.5 Å². The molecule has 13 heteroatoms. The molecule has 1 aromatic rings. The summed E-state index contributed by atoms with van der Waals surface area (Å²) in [5.74, 6) is -0.484. The van der Waals surface area contributed by atoms with E-state index < -0.39 is 51.3 Å². The Morgan fingerprint density at radius 3 is 2.08 bits per heavy atom. The minimum Gasteiger partial charge on any atom is -0.434 e. The molecule has 0 unspecified atom stereocenters. The van der Waals surface area contributed by atoms with Crippen molar-refractivity contribution in [1.29, 1.82) is 0 Å². The Balaban J connectivity index is 2.86. The summed E-state index contributed by atoms with van der Waals surface area (Å²) >= 11 is 0. The number of aromatic nitrogens is 1. The lowest BCUT2D eigenvalue weighted by Crippen LogP contribution is -2.54. The van der Waals surface area contributed by atoms with Gasteiger partial charge < -0.3 is 15.2 Å². The van der Waals surface area contributed by atoms with E-state index in [-0.39, 0.29) is 12.1 Å². The Morgan fingerprint density at radius 2 is 1.67 bits per heavy atom. The number of fused-ring (bicyclic) bond motifs is 1. The van der Waals surface area contributed by atoms with Gasteiger partial charge in [-0.3, -0.25) is 0 Å². The van der Waals surface area contributed by atoms with Crippen LogP contribution >= 0.6 is 0 Å². The van der Waals surface area contributed by atoms with E-state index in [4.69, 9.17) is 15.2 Å². The molecule has 0 atom stereocenters. The summed E-state index contributed by atoms with van der Waals surface area (Å²) in [6.45, 7) is -0.579. The van der Waals surface area contributed by atoms with Crippen molar-refractivity contribution in [2.75, 3.05) is 18.8 Å². The minimum atomic E-state index is -4.46. The highest BCUT2D eigenvalue weighted by Crippen LogP contribution is 2.41. The van der Waals surface area contributed by atoms with E-state index in [1.165, 1.54) is 6.20 Å². The number of hydrogen-bond donors (Lipinski definition) is 1. The molecule has 0 saturated carbocycles. The van der Waals surface area contributed by atoms with E-state index in [1.807, 2.05) is 0 Å². The predicted octanol–water partition coefficient (Wildman–Crippen LogP) is -1.45.